The fourth-order valence-corrected chi connectivity index (χ4v) is 5.95. The molecule has 2 heterocycles. The summed E-state index contributed by atoms with van der Waals surface area (Å²) < 4.78 is 16.7. The summed E-state index contributed by atoms with van der Waals surface area (Å²) in [5.74, 6) is -0.302. The number of hydrogen-bond donors (Lipinski definition) is 3. The van der Waals surface area contributed by atoms with Crippen LogP contribution in [0.15, 0.2) is 30.6 Å². The van der Waals surface area contributed by atoms with Crippen LogP contribution in [0.4, 0.5) is 10.1 Å². The predicted octanol–water partition coefficient (Wildman–Crippen LogP) is 3.70. The summed E-state index contributed by atoms with van der Waals surface area (Å²) in [5, 5.41) is 27.7. The number of hydrogen-bond acceptors (Lipinski definition) is 5. The van der Waals surface area contributed by atoms with Gasteiger partial charge in [-0.1, -0.05) is 11.6 Å². The number of carbonyl (C=O) groups is 1. The van der Waals surface area contributed by atoms with E-state index in [4.69, 9.17) is 11.6 Å². The molecule has 0 spiro atoms. The van der Waals surface area contributed by atoms with Gasteiger partial charge in [0.15, 0.2) is 0 Å². The third-order valence-electron chi connectivity index (χ3n) is 7.13. The van der Waals surface area contributed by atoms with E-state index in [1.54, 1.807) is 25.0 Å². The zero-order valence-corrected chi connectivity index (χ0v) is 19.1. The first kappa shape index (κ1) is 21.9. The van der Waals surface area contributed by atoms with E-state index in [1.165, 1.54) is 28.9 Å². The molecular formula is C23H25ClFN5O3. The summed E-state index contributed by atoms with van der Waals surface area (Å²) >= 11 is 5.84. The summed E-state index contributed by atoms with van der Waals surface area (Å²) in [6.07, 6.45) is 4.42. The van der Waals surface area contributed by atoms with Crippen molar-refractivity contribution in [2.24, 2.45) is 25.9 Å². The van der Waals surface area contributed by atoms with E-state index in [0.717, 1.165) is 18.5 Å². The second-order valence-corrected chi connectivity index (χ2v) is 9.72. The van der Waals surface area contributed by atoms with Crippen LogP contribution < -0.4 is 5.32 Å². The van der Waals surface area contributed by atoms with Gasteiger partial charge in [0.2, 0.25) is 5.88 Å². The highest BCUT2D eigenvalue weighted by molar-refractivity contribution is 6.31. The Kier molecular flexibility index (Phi) is 5.21. The molecule has 10 heteroatoms. The second-order valence-electron chi connectivity index (χ2n) is 9.31. The molecule has 33 heavy (non-hydrogen) atoms. The van der Waals surface area contributed by atoms with E-state index in [9.17, 15) is 19.4 Å². The monoisotopic (exact) mass is 473 g/mol. The van der Waals surface area contributed by atoms with Crippen molar-refractivity contribution in [3.8, 4) is 5.88 Å². The zero-order chi connectivity index (χ0) is 23.5. The quantitative estimate of drug-likeness (QED) is 0.536. The predicted molar refractivity (Wildman–Crippen MR) is 120 cm³/mol. The first-order valence-electron chi connectivity index (χ1n) is 10.9. The van der Waals surface area contributed by atoms with Gasteiger partial charge >= 0.3 is 0 Å². The normalized spacial score (nSPS) is 26.5. The van der Waals surface area contributed by atoms with E-state index in [1.807, 2.05) is 0 Å². The Morgan fingerprint density at radius 1 is 1.24 bits per heavy atom. The molecular weight excluding hydrogens is 449 g/mol. The number of halogens is 2. The molecule has 2 aliphatic carbocycles. The van der Waals surface area contributed by atoms with Crippen LogP contribution in [0.2, 0.25) is 5.02 Å². The highest BCUT2D eigenvalue weighted by atomic mass is 35.5. The van der Waals surface area contributed by atoms with Crippen molar-refractivity contribution in [3.63, 3.8) is 0 Å². The van der Waals surface area contributed by atoms with Gasteiger partial charge in [0.1, 0.15) is 17.1 Å². The number of imidazole rings is 1. The number of benzene rings is 1. The number of aromatic hydroxyl groups is 1. The first-order chi connectivity index (χ1) is 15.6. The third kappa shape index (κ3) is 3.79. The van der Waals surface area contributed by atoms with E-state index in [2.05, 4.69) is 15.4 Å². The van der Waals surface area contributed by atoms with Gasteiger partial charge in [-0.05, 0) is 55.7 Å². The summed E-state index contributed by atoms with van der Waals surface area (Å²) in [7, 11) is 3.49. The van der Waals surface area contributed by atoms with Gasteiger partial charge in [-0.2, -0.15) is 0 Å². The molecule has 3 N–H and O–H groups in total. The topological polar surface area (TPSA) is 105 Å². The number of aryl methyl sites for hydroxylation is 2. The Balaban J connectivity index is 1.33. The smallest absolute Gasteiger partial charge is 0.274 e. The molecule has 2 unspecified atom stereocenters. The summed E-state index contributed by atoms with van der Waals surface area (Å²) in [5.41, 5.74) is 1.22. The van der Waals surface area contributed by atoms with Crippen molar-refractivity contribution in [1.29, 1.82) is 0 Å². The third-order valence-corrected chi connectivity index (χ3v) is 7.42. The molecule has 3 aromatic rings. The SMILES string of the molecule is Cn1cnc(C2CC3CC(O)(c4cc(O)nn4C)CC3C2)c1C(=O)Nc1ccc(F)c(Cl)c1. The number of rotatable bonds is 4. The molecule has 2 aromatic heterocycles. The fraction of sp³-hybridized carbons (Fsp3) is 0.435. The summed E-state index contributed by atoms with van der Waals surface area (Å²) in [6, 6.07) is 5.58. The van der Waals surface area contributed by atoms with Gasteiger partial charge in [-0.15, -0.1) is 5.10 Å². The van der Waals surface area contributed by atoms with Crippen LogP contribution in [0.3, 0.4) is 0 Å². The van der Waals surface area contributed by atoms with Crippen LogP contribution in [0.5, 0.6) is 5.88 Å². The van der Waals surface area contributed by atoms with Crippen LogP contribution in [-0.2, 0) is 19.7 Å². The molecule has 0 bridgehead atoms. The van der Waals surface area contributed by atoms with Gasteiger partial charge in [0, 0.05) is 31.8 Å². The van der Waals surface area contributed by atoms with Crippen LogP contribution in [0.1, 0.15) is 53.5 Å². The Hall–Kier alpha value is -2.91. The maximum atomic E-state index is 13.4. The molecule has 174 valence electrons. The Labute approximate surface area is 195 Å². The number of aromatic nitrogens is 4. The highest BCUT2D eigenvalue weighted by Crippen LogP contribution is 2.57. The number of carbonyl (C=O) groups excluding carboxylic acids is 1. The molecule has 0 saturated heterocycles. The molecule has 2 fully saturated rings. The van der Waals surface area contributed by atoms with E-state index < -0.39 is 11.4 Å². The van der Waals surface area contributed by atoms with Crippen molar-refractivity contribution < 1.29 is 19.4 Å². The van der Waals surface area contributed by atoms with Crippen LogP contribution in [0.25, 0.3) is 0 Å². The number of fused-ring (bicyclic) bond motifs is 1. The van der Waals surface area contributed by atoms with Crippen LogP contribution in [-0.4, -0.2) is 35.5 Å². The van der Waals surface area contributed by atoms with Crippen molar-refractivity contribution >= 4 is 23.2 Å². The minimum atomic E-state index is -1.02. The van der Waals surface area contributed by atoms with Crippen molar-refractivity contribution in [1.82, 2.24) is 19.3 Å². The van der Waals surface area contributed by atoms with E-state index in [-0.39, 0.29) is 34.6 Å². The van der Waals surface area contributed by atoms with Crippen molar-refractivity contribution in [2.75, 3.05) is 5.32 Å². The molecule has 2 saturated carbocycles. The molecule has 0 radical (unpaired) electrons. The molecule has 1 aromatic carbocycles. The Morgan fingerprint density at radius 3 is 2.55 bits per heavy atom. The number of nitrogens with one attached hydrogen (secondary N) is 1. The average Bonchev–Trinajstić information content (AvgIpc) is 3.46. The van der Waals surface area contributed by atoms with Gasteiger partial charge in [0.05, 0.1) is 22.7 Å². The summed E-state index contributed by atoms with van der Waals surface area (Å²) in [6.45, 7) is 0. The minimum absolute atomic E-state index is 0.0594. The van der Waals surface area contributed by atoms with Gasteiger partial charge in [-0.3, -0.25) is 9.48 Å². The highest BCUT2D eigenvalue weighted by Gasteiger charge is 2.51. The van der Waals surface area contributed by atoms with Gasteiger partial charge in [-0.25, -0.2) is 9.37 Å². The Bertz CT molecular complexity index is 1220. The minimum Gasteiger partial charge on any atom is -0.492 e. The number of anilines is 1. The van der Waals surface area contributed by atoms with E-state index in [0.29, 0.717) is 29.9 Å². The van der Waals surface area contributed by atoms with Gasteiger partial charge < -0.3 is 20.1 Å². The molecule has 8 nitrogen and oxygen atoms in total. The number of aliphatic hydroxyl groups is 1. The lowest BCUT2D eigenvalue weighted by Gasteiger charge is -2.24. The molecule has 1 amide bonds. The largest absolute Gasteiger partial charge is 0.492 e. The zero-order valence-electron chi connectivity index (χ0n) is 18.3. The van der Waals surface area contributed by atoms with Crippen molar-refractivity contribution in [2.45, 2.75) is 37.2 Å². The van der Waals surface area contributed by atoms with Crippen LogP contribution in [0, 0.1) is 17.7 Å². The lowest BCUT2D eigenvalue weighted by Crippen LogP contribution is -2.26. The molecule has 2 atom stereocenters. The first-order valence-corrected chi connectivity index (χ1v) is 11.3. The lowest BCUT2D eigenvalue weighted by molar-refractivity contribution is 0.0263. The van der Waals surface area contributed by atoms with Crippen LogP contribution >= 0.6 is 11.6 Å². The van der Waals surface area contributed by atoms with Crippen molar-refractivity contribution in [3.05, 3.63) is 58.5 Å². The van der Waals surface area contributed by atoms with E-state index >= 15 is 0 Å². The standard InChI is InChI=1S/C23H25ClFN5O3/c1-29-11-26-20(21(29)22(32)27-15-3-4-17(25)16(24)7-15)12-5-13-9-23(33,10-14(13)6-12)18-8-19(31)28-30(18)2/h3-4,7-8,11-14,33H,5-6,9-10H2,1-2H3,(H,27,32)(H,28,31). The number of amides is 1. The molecule has 5 rings (SSSR count). The maximum absolute atomic E-state index is 13.4. The fourth-order valence-electron chi connectivity index (χ4n) is 5.77. The maximum Gasteiger partial charge on any atom is 0.274 e. The van der Waals surface area contributed by atoms with Gasteiger partial charge in [0.25, 0.3) is 5.91 Å². The number of nitrogens with zero attached hydrogens (tertiary/aromatic N) is 4. The second kappa shape index (κ2) is 7.85. The summed E-state index contributed by atoms with van der Waals surface area (Å²) in [4.78, 5) is 17.6. The molecule has 0 aliphatic heterocycles. The molecule has 2 aliphatic rings. The average molecular weight is 474 g/mol. The lowest BCUT2D eigenvalue weighted by atomic mass is 9.90. The Morgan fingerprint density at radius 2 is 1.94 bits per heavy atom.